The van der Waals surface area contributed by atoms with Crippen molar-refractivity contribution in [2.75, 3.05) is 19.6 Å². The van der Waals surface area contributed by atoms with E-state index in [1.165, 1.54) is 0 Å². The van der Waals surface area contributed by atoms with Gasteiger partial charge in [0.1, 0.15) is 0 Å². The third-order valence-corrected chi connectivity index (χ3v) is 5.80. The van der Waals surface area contributed by atoms with Crippen molar-refractivity contribution in [3.05, 3.63) is 30.3 Å². The molecule has 0 saturated carbocycles. The standard InChI is InChI=1S/C23H36N6O/c1-3-11-19(2)24-23(30)21-14-10-16-28(18-21)15-8-5-9-17-29-26-22(25-27-29)20-12-6-4-7-13-20/h4,6-7,12-13,19,21H,3,5,8-11,14-18H2,1-2H3,(H,24,30). The summed E-state index contributed by atoms with van der Waals surface area (Å²) in [5, 5.41) is 16.0. The van der Waals surface area contributed by atoms with E-state index >= 15 is 0 Å². The molecule has 7 heteroatoms. The molecule has 1 amide bonds. The number of likely N-dealkylation sites (tertiary alicyclic amines) is 1. The number of amides is 1. The summed E-state index contributed by atoms with van der Waals surface area (Å²) < 4.78 is 0. The van der Waals surface area contributed by atoms with Crippen LogP contribution in [-0.2, 0) is 11.3 Å². The smallest absolute Gasteiger partial charge is 0.224 e. The lowest BCUT2D eigenvalue weighted by molar-refractivity contribution is -0.127. The maximum Gasteiger partial charge on any atom is 0.224 e. The van der Waals surface area contributed by atoms with Gasteiger partial charge in [0.2, 0.25) is 11.7 Å². The lowest BCUT2D eigenvalue weighted by Crippen LogP contribution is -2.45. The van der Waals surface area contributed by atoms with Crippen molar-refractivity contribution in [1.29, 1.82) is 0 Å². The molecule has 2 unspecified atom stereocenters. The molecule has 1 aliphatic heterocycles. The first-order valence-electron chi connectivity index (χ1n) is 11.5. The summed E-state index contributed by atoms with van der Waals surface area (Å²) in [6.45, 7) is 8.13. The number of aryl methyl sites for hydroxylation is 1. The molecule has 1 aromatic heterocycles. The van der Waals surface area contributed by atoms with Crippen molar-refractivity contribution < 1.29 is 4.79 Å². The van der Waals surface area contributed by atoms with Crippen molar-refractivity contribution in [3.8, 4) is 11.4 Å². The van der Waals surface area contributed by atoms with Crippen molar-refractivity contribution in [3.63, 3.8) is 0 Å². The number of unbranched alkanes of at least 4 members (excludes halogenated alkanes) is 2. The average Bonchev–Trinajstić information content (AvgIpc) is 3.23. The second-order valence-electron chi connectivity index (χ2n) is 8.47. The largest absolute Gasteiger partial charge is 0.353 e. The summed E-state index contributed by atoms with van der Waals surface area (Å²) in [5.74, 6) is 1.07. The summed E-state index contributed by atoms with van der Waals surface area (Å²) in [6.07, 6.45) is 7.60. The van der Waals surface area contributed by atoms with Crippen LogP contribution in [0.2, 0.25) is 0 Å². The summed E-state index contributed by atoms with van der Waals surface area (Å²) in [6, 6.07) is 10.2. The molecule has 0 aliphatic carbocycles. The summed E-state index contributed by atoms with van der Waals surface area (Å²) >= 11 is 0. The molecule has 30 heavy (non-hydrogen) atoms. The van der Waals surface area contributed by atoms with E-state index in [1.54, 1.807) is 4.80 Å². The molecule has 1 aromatic carbocycles. The molecule has 1 fully saturated rings. The van der Waals surface area contributed by atoms with Gasteiger partial charge in [0, 0.05) is 18.2 Å². The molecular weight excluding hydrogens is 376 g/mol. The van der Waals surface area contributed by atoms with Crippen LogP contribution >= 0.6 is 0 Å². The molecule has 2 heterocycles. The van der Waals surface area contributed by atoms with E-state index in [1.807, 2.05) is 30.3 Å². The van der Waals surface area contributed by atoms with Crippen LogP contribution in [0.5, 0.6) is 0 Å². The minimum Gasteiger partial charge on any atom is -0.353 e. The molecular formula is C23H36N6O. The quantitative estimate of drug-likeness (QED) is 0.572. The first-order valence-corrected chi connectivity index (χ1v) is 11.5. The Kier molecular flexibility index (Phi) is 8.81. The SMILES string of the molecule is CCCC(C)NC(=O)C1CCCN(CCCCCn2nnc(-c3ccccc3)n2)C1. The van der Waals surface area contributed by atoms with E-state index in [0.717, 1.165) is 76.7 Å². The zero-order chi connectivity index (χ0) is 21.2. The highest BCUT2D eigenvalue weighted by Gasteiger charge is 2.26. The molecule has 1 saturated heterocycles. The Morgan fingerprint density at radius 2 is 2.00 bits per heavy atom. The van der Waals surface area contributed by atoms with Gasteiger partial charge < -0.3 is 10.2 Å². The minimum atomic E-state index is 0.147. The van der Waals surface area contributed by atoms with Gasteiger partial charge in [0.05, 0.1) is 12.5 Å². The third kappa shape index (κ3) is 6.90. The summed E-state index contributed by atoms with van der Waals surface area (Å²) in [5.41, 5.74) is 0.997. The molecule has 2 atom stereocenters. The van der Waals surface area contributed by atoms with E-state index in [9.17, 15) is 4.79 Å². The number of benzene rings is 1. The Hall–Kier alpha value is -2.28. The number of nitrogens with zero attached hydrogens (tertiary/aromatic N) is 5. The van der Waals surface area contributed by atoms with Gasteiger partial charge >= 0.3 is 0 Å². The van der Waals surface area contributed by atoms with Crippen LogP contribution in [-0.4, -0.2) is 56.7 Å². The highest BCUT2D eigenvalue weighted by molar-refractivity contribution is 5.79. The fraction of sp³-hybridized carbons (Fsp3) is 0.652. The van der Waals surface area contributed by atoms with Crippen LogP contribution in [0.1, 0.15) is 58.8 Å². The van der Waals surface area contributed by atoms with Gasteiger partial charge in [0.15, 0.2) is 0 Å². The lowest BCUT2D eigenvalue weighted by atomic mass is 9.96. The lowest BCUT2D eigenvalue weighted by Gasteiger charge is -2.32. The second-order valence-corrected chi connectivity index (χ2v) is 8.47. The Bertz CT molecular complexity index is 762. The summed E-state index contributed by atoms with van der Waals surface area (Å²) in [4.78, 5) is 16.7. The number of nitrogens with one attached hydrogen (secondary N) is 1. The predicted octanol–water partition coefficient (Wildman–Crippen LogP) is 3.53. The highest BCUT2D eigenvalue weighted by Crippen LogP contribution is 2.18. The Balaban J connectivity index is 1.33. The Labute approximate surface area is 180 Å². The summed E-state index contributed by atoms with van der Waals surface area (Å²) in [7, 11) is 0. The predicted molar refractivity (Wildman–Crippen MR) is 119 cm³/mol. The fourth-order valence-electron chi connectivity index (χ4n) is 4.14. The number of hydrogen-bond donors (Lipinski definition) is 1. The molecule has 2 aromatic rings. The highest BCUT2D eigenvalue weighted by atomic mass is 16.2. The fourth-order valence-corrected chi connectivity index (χ4v) is 4.14. The van der Waals surface area contributed by atoms with Gasteiger partial charge in [-0.05, 0) is 57.3 Å². The molecule has 0 bridgehead atoms. The molecule has 0 radical (unpaired) electrons. The Morgan fingerprint density at radius 1 is 1.20 bits per heavy atom. The van der Waals surface area contributed by atoms with Gasteiger partial charge in [-0.1, -0.05) is 50.1 Å². The first-order chi connectivity index (χ1) is 14.7. The Morgan fingerprint density at radius 3 is 2.80 bits per heavy atom. The number of hydrogen-bond acceptors (Lipinski definition) is 5. The van der Waals surface area contributed by atoms with Crippen molar-refractivity contribution in [2.24, 2.45) is 5.92 Å². The average molecular weight is 413 g/mol. The van der Waals surface area contributed by atoms with Crippen molar-refractivity contribution in [1.82, 2.24) is 30.4 Å². The van der Waals surface area contributed by atoms with E-state index in [2.05, 4.69) is 39.5 Å². The van der Waals surface area contributed by atoms with E-state index in [-0.39, 0.29) is 17.9 Å². The van der Waals surface area contributed by atoms with Crippen molar-refractivity contribution in [2.45, 2.75) is 71.4 Å². The number of piperidine rings is 1. The van der Waals surface area contributed by atoms with Gasteiger partial charge in [-0.3, -0.25) is 4.79 Å². The normalized spacial score (nSPS) is 18.3. The van der Waals surface area contributed by atoms with E-state index < -0.39 is 0 Å². The number of rotatable bonds is 11. The van der Waals surface area contributed by atoms with Gasteiger partial charge in [-0.25, -0.2) is 0 Å². The van der Waals surface area contributed by atoms with E-state index in [4.69, 9.17) is 0 Å². The number of carbonyl (C=O) groups is 1. The van der Waals surface area contributed by atoms with Crippen LogP contribution in [0.15, 0.2) is 30.3 Å². The number of aromatic nitrogens is 4. The zero-order valence-electron chi connectivity index (χ0n) is 18.5. The van der Waals surface area contributed by atoms with Crippen molar-refractivity contribution >= 4 is 5.91 Å². The maximum atomic E-state index is 12.5. The zero-order valence-corrected chi connectivity index (χ0v) is 18.5. The topological polar surface area (TPSA) is 75.9 Å². The molecule has 164 valence electrons. The molecule has 3 rings (SSSR count). The van der Waals surface area contributed by atoms with Crippen LogP contribution in [0.25, 0.3) is 11.4 Å². The van der Waals surface area contributed by atoms with E-state index in [0.29, 0.717) is 5.82 Å². The van der Waals surface area contributed by atoms with Crippen LogP contribution in [0, 0.1) is 5.92 Å². The second kappa shape index (κ2) is 11.8. The monoisotopic (exact) mass is 412 g/mol. The van der Waals surface area contributed by atoms with Crippen LogP contribution < -0.4 is 5.32 Å². The maximum absolute atomic E-state index is 12.5. The van der Waals surface area contributed by atoms with Crippen LogP contribution in [0.4, 0.5) is 0 Å². The van der Waals surface area contributed by atoms with Gasteiger partial charge in [-0.15, -0.1) is 10.2 Å². The van der Waals surface area contributed by atoms with Gasteiger partial charge in [-0.2, -0.15) is 4.80 Å². The van der Waals surface area contributed by atoms with Crippen LogP contribution in [0.3, 0.4) is 0 Å². The number of carbonyl (C=O) groups excluding carboxylic acids is 1. The molecule has 1 N–H and O–H groups in total. The minimum absolute atomic E-state index is 0.147. The first kappa shape index (κ1) is 22.4. The number of tetrazole rings is 1. The third-order valence-electron chi connectivity index (χ3n) is 5.80. The molecule has 1 aliphatic rings. The molecule has 7 nitrogen and oxygen atoms in total. The molecule has 0 spiro atoms. The van der Waals surface area contributed by atoms with Gasteiger partial charge in [0.25, 0.3) is 0 Å².